The number of aromatic nitrogens is 2. The zero-order chi connectivity index (χ0) is 14.3. The van der Waals surface area contributed by atoms with Crippen LogP contribution in [0.5, 0.6) is 0 Å². The lowest BCUT2D eigenvalue weighted by atomic mass is 10.2. The SMILES string of the molecule is Fc1ccc(Br)cc1-n1c(CCl)nc2cc(Cl)ccc21. The van der Waals surface area contributed by atoms with Crippen molar-refractivity contribution in [3.05, 3.63) is 57.5 Å². The maximum atomic E-state index is 14.1. The average molecular weight is 374 g/mol. The van der Waals surface area contributed by atoms with E-state index in [4.69, 9.17) is 23.2 Å². The van der Waals surface area contributed by atoms with Gasteiger partial charge >= 0.3 is 0 Å². The van der Waals surface area contributed by atoms with E-state index in [2.05, 4.69) is 20.9 Å². The van der Waals surface area contributed by atoms with E-state index in [0.29, 0.717) is 22.1 Å². The van der Waals surface area contributed by atoms with Crippen molar-refractivity contribution >= 4 is 50.2 Å². The molecule has 0 fully saturated rings. The number of hydrogen-bond acceptors (Lipinski definition) is 1. The van der Waals surface area contributed by atoms with Gasteiger partial charge in [-0.25, -0.2) is 9.37 Å². The minimum atomic E-state index is -0.339. The van der Waals surface area contributed by atoms with Gasteiger partial charge in [0.15, 0.2) is 0 Å². The minimum Gasteiger partial charge on any atom is -0.292 e. The van der Waals surface area contributed by atoms with E-state index >= 15 is 0 Å². The number of benzene rings is 2. The Kier molecular flexibility index (Phi) is 3.71. The lowest BCUT2D eigenvalue weighted by molar-refractivity contribution is 0.617. The highest BCUT2D eigenvalue weighted by molar-refractivity contribution is 9.10. The van der Waals surface area contributed by atoms with Crippen LogP contribution in [0.2, 0.25) is 5.02 Å². The number of alkyl halides is 1. The van der Waals surface area contributed by atoms with Crippen LogP contribution in [0, 0.1) is 5.82 Å². The Balaban J connectivity index is 2.37. The van der Waals surface area contributed by atoms with E-state index in [1.54, 1.807) is 34.9 Å². The number of imidazole rings is 1. The molecule has 0 aliphatic carbocycles. The summed E-state index contributed by atoms with van der Waals surface area (Å²) in [7, 11) is 0. The van der Waals surface area contributed by atoms with Gasteiger partial charge in [0.1, 0.15) is 11.6 Å². The fourth-order valence-electron chi connectivity index (χ4n) is 2.12. The van der Waals surface area contributed by atoms with Gasteiger partial charge in [-0.3, -0.25) is 4.57 Å². The van der Waals surface area contributed by atoms with Crippen LogP contribution in [0.3, 0.4) is 0 Å². The Hall–Kier alpha value is -1.10. The molecule has 6 heteroatoms. The molecule has 0 unspecified atom stereocenters. The van der Waals surface area contributed by atoms with Crippen molar-refractivity contribution in [1.29, 1.82) is 0 Å². The van der Waals surface area contributed by atoms with Gasteiger partial charge in [0.2, 0.25) is 0 Å². The molecule has 0 saturated carbocycles. The average Bonchev–Trinajstić information content (AvgIpc) is 2.78. The molecule has 0 bridgehead atoms. The number of hydrogen-bond donors (Lipinski definition) is 0. The largest absolute Gasteiger partial charge is 0.292 e. The van der Waals surface area contributed by atoms with E-state index in [0.717, 1.165) is 9.99 Å². The summed E-state index contributed by atoms with van der Waals surface area (Å²) in [6, 6.07) is 10.0. The van der Waals surface area contributed by atoms with Crippen molar-refractivity contribution in [2.24, 2.45) is 0 Å². The van der Waals surface area contributed by atoms with Crippen molar-refractivity contribution in [2.75, 3.05) is 0 Å². The Bertz CT molecular complexity index is 801. The molecule has 1 aromatic heterocycles. The normalized spacial score (nSPS) is 11.2. The first-order valence-electron chi connectivity index (χ1n) is 5.78. The molecule has 0 spiro atoms. The maximum absolute atomic E-state index is 14.1. The summed E-state index contributed by atoms with van der Waals surface area (Å²) < 4.78 is 16.6. The molecule has 3 rings (SSSR count). The van der Waals surface area contributed by atoms with Gasteiger partial charge in [0.05, 0.1) is 22.6 Å². The molecule has 2 aromatic carbocycles. The molecular weight excluding hydrogens is 366 g/mol. The van der Waals surface area contributed by atoms with E-state index in [-0.39, 0.29) is 11.7 Å². The fourth-order valence-corrected chi connectivity index (χ4v) is 2.81. The highest BCUT2D eigenvalue weighted by Crippen LogP contribution is 2.28. The fraction of sp³-hybridized carbons (Fsp3) is 0.0714. The molecule has 0 aliphatic heterocycles. The Labute approximate surface area is 133 Å². The van der Waals surface area contributed by atoms with Gasteiger partial charge in [0.25, 0.3) is 0 Å². The first kappa shape index (κ1) is 13.9. The van der Waals surface area contributed by atoms with Gasteiger partial charge in [-0.1, -0.05) is 27.5 Å². The highest BCUT2D eigenvalue weighted by atomic mass is 79.9. The summed E-state index contributed by atoms with van der Waals surface area (Å²) in [6.45, 7) is 0. The van der Waals surface area contributed by atoms with Crippen LogP contribution < -0.4 is 0 Å². The molecule has 0 aliphatic rings. The summed E-state index contributed by atoms with van der Waals surface area (Å²) in [6.07, 6.45) is 0. The summed E-state index contributed by atoms with van der Waals surface area (Å²) in [5.41, 5.74) is 1.86. The number of nitrogens with zero attached hydrogens (tertiary/aromatic N) is 2. The smallest absolute Gasteiger partial charge is 0.147 e. The molecule has 102 valence electrons. The predicted molar refractivity (Wildman–Crippen MR) is 83.3 cm³/mol. The quantitative estimate of drug-likeness (QED) is 0.556. The molecule has 3 aromatic rings. The third kappa shape index (κ3) is 2.32. The molecule has 0 amide bonds. The van der Waals surface area contributed by atoms with Crippen LogP contribution in [0.15, 0.2) is 40.9 Å². The third-order valence-electron chi connectivity index (χ3n) is 2.95. The Morgan fingerprint density at radius 1 is 1.20 bits per heavy atom. The second-order valence-electron chi connectivity index (χ2n) is 4.23. The Morgan fingerprint density at radius 3 is 2.75 bits per heavy atom. The van der Waals surface area contributed by atoms with Gasteiger partial charge < -0.3 is 0 Å². The number of rotatable bonds is 2. The van der Waals surface area contributed by atoms with Crippen molar-refractivity contribution in [1.82, 2.24) is 9.55 Å². The summed E-state index contributed by atoms with van der Waals surface area (Å²) in [4.78, 5) is 4.40. The lowest BCUT2D eigenvalue weighted by Gasteiger charge is -2.09. The van der Waals surface area contributed by atoms with Crippen LogP contribution in [-0.2, 0) is 5.88 Å². The molecular formula is C14H8BrCl2FN2. The minimum absolute atomic E-state index is 0.179. The zero-order valence-corrected chi connectivity index (χ0v) is 13.2. The standard InChI is InChI=1S/C14H8BrCl2FN2/c15-8-1-3-10(18)13(5-8)20-12-4-2-9(17)6-11(12)19-14(20)7-16/h1-6H,7H2. The lowest BCUT2D eigenvalue weighted by Crippen LogP contribution is -2.02. The summed E-state index contributed by atoms with van der Waals surface area (Å²) >= 11 is 15.2. The topological polar surface area (TPSA) is 17.8 Å². The van der Waals surface area contributed by atoms with Crippen LogP contribution in [0.1, 0.15) is 5.82 Å². The number of fused-ring (bicyclic) bond motifs is 1. The Morgan fingerprint density at radius 2 is 2.00 bits per heavy atom. The monoisotopic (exact) mass is 372 g/mol. The molecule has 0 radical (unpaired) electrons. The van der Waals surface area contributed by atoms with Crippen molar-refractivity contribution in [2.45, 2.75) is 5.88 Å². The number of halogens is 4. The second-order valence-corrected chi connectivity index (χ2v) is 5.85. The first-order chi connectivity index (χ1) is 9.60. The molecule has 20 heavy (non-hydrogen) atoms. The van der Waals surface area contributed by atoms with Crippen molar-refractivity contribution in [3.8, 4) is 5.69 Å². The molecule has 1 heterocycles. The van der Waals surface area contributed by atoms with Crippen LogP contribution >= 0.6 is 39.1 Å². The predicted octanol–water partition coefficient (Wildman–Crippen LogP) is 5.32. The maximum Gasteiger partial charge on any atom is 0.147 e. The van der Waals surface area contributed by atoms with E-state index in [1.165, 1.54) is 6.07 Å². The summed E-state index contributed by atoms with van der Waals surface area (Å²) in [5, 5.41) is 0.581. The molecule has 0 atom stereocenters. The zero-order valence-electron chi connectivity index (χ0n) is 10.1. The first-order valence-corrected chi connectivity index (χ1v) is 7.49. The van der Waals surface area contributed by atoms with Gasteiger partial charge in [0, 0.05) is 9.50 Å². The van der Waals surface area contributed by atoms with Crippen molar-refractivity contribution < 1.29 is 4.39 Å². The van der Waals surface area contributed by atoms with Gasteiger partial charge in [-0.15, -0.1) is 11.6 Å². The van der Waals surface area contributed by atoms with Crippen molar-refractivity contribution in [3.63, 3.8) is 0 Å². The third-order valence-corrected chi connectivity index (χ3v) is 3.92. The molecule has 2 nitrogen and oxygen atoms in total. The highest BCUT2D eigenvalue weighted by Gasteiger charge is 2.15. The van der Waals surface area contributed by atoms with E-state index in [1.807, 2.05) is 0 Å². The van der Waals surface area contributed by atoms with Crippen LogP contribution in [0.25, 0.3) is 16.7 Å². The van der Waals surface area contributed by atoms with Crippen LogP contribution in [0.4, 0.5) is 4.39 Å². The molecule has 0 N–H and O–H groups in total. The van der Waals surface area contributed by atoms with E-state index < -0.39 is 0 Å². The van der Waals surface area contributed by atoms with Gasteiger partial charge in [-0.05, 0) is 36.4 Å². The van der Waals surface area contributed by atoms with E-state index in [9.17, 15) is 4.39 Å². The van der Waals surface area contributed by atoms with Gasteiger partial charge in [-0.2, -0.15) is 0 Å². The molecule has 0 saturated heterocycles. The van der Waals surface area contributed by atoms with Crippen LogP contribution in [-0.4, -0.2) is 9.55 Å². The summed E-state index contributed by atoms with van der Waals surface area (Å²) in [5.74, 6) is 0.410. The second kappa shape index (κ2) is 5.35.